The summed E-state index contributed by atoms with van der Waals surface area (Å²) in [5.74, 6) is 0.384. The maximum Gasteiger partial charge on any atom is 0.337 e. The molecule has 2 heterocycles. The second kappa shape index (κ2) is 8.14. The van der Waals surface area contributed by atoms with Crippen LogP contribution in [0, 0.1) is 12.8 Å². The largest absolute Gasteiger partial charge is 0.337 e. The molecule has 0 saturated heterocycles. The van der Waals surface area contributed by atoms with Gasteiger partial charge in [0, 0.05) is 13.1 Å². The van der Waals surface area contributed by atoms with Crippen LogP contribution in [0.15, 0.2) is 70.5 Å². The zero-order valence-corrected chi connectivity index (χ0v) is 17.6. The van der Waals surface area contributed by atoms with E-state index in [0.29, 0.717) is 35.9 Å². The van der Waals surface area contributed by atoms with Gasteiger partial charge in [0.15, 0.2) is 11.2 Å². The lowest BCUT2D eigenvalue weighted by Crippen LogP contribution is -2.40. The number of hydrogen-bond acceptors (Lipinski definition) is 3. The molecule has 0 fully saturated rings. The molecule has 4 aromatic rings. The third-order valence-electron chi connectivity index (χ3n) is 5.32. The maximum absolute atomic E-state index is 13.4. The van der Waals surface area contributed by atoms with Crippen molar-refractivity contribution in [2.24, 2.45) is 5.92 Å². The number of aromatic nitrogens is 4. The van der Waals surface area contributed by atoms with Gasteiger partial charge in [-0.05, 0) is 37.0 Å². The Morgan fingerprint density at radius 1 is 0.967 bits per heavy atom. The van der Waals surface area contributed by atoms with Crippen molar-refractivity contribution in [3.8, 4) is 5.69 Å². The Labute approximate surface area is 175 Å². The van der Waals surface area contributed by atoms with Gasteiger partial charge in [-0.25, -0.2) is 14.3 Å². The van der Waals surface area contributed by atoms with E-state index >= 15 is 0 Å². The van der Waals surface area contributed by atoms with Gasteiger partial charge in [-0.3, -0.25) is 9.36 Å². The second-order valence-corrected chi connectivity index (χ2v) is 8.12. The van der Waals surface area contributed by atoms with E-state index in [9.17, 15) is 9.59 Å². The van der Waals surface area contributed by atoms with Crippen LogP contribution in [-0.2, 0) is 13.1 Å². The van der Waals surface area contributed by atoms with Crippen molar-refractivity contribution in [3.05, 3.63) is 92.9 Å². The molecule has 0 aliphatic rings. The van der Waals surface area contributed by atoms with E-state index in [1.807, 2.05) is 54.0 Å². The summed E-state index contributed by atoms with van der Waals surface area (Å²) in [5, 5.41) is 0. The molecule has 0 aliphatic carbocycles. The summed E-state index contributed by atoms with van der Waals surface area (Å²) >= 11 is 0. The summed E-state index contributed by atoms with van der Waals surface area (Å²) in [4.78, 5) is 31.1. The highest BCUT2D eigenvalue weighted by molar-refractivity contribution is 5.72. The first-order chi connectivity index (χ1) is 14.5. The number of fused-ring (bicyclic) bond motifs is 1. The van der Waals surface area contributed by atoms with Gasteiger partial charge in [-0.2, -0.15) is 0 Å². The van der Waals surface area contributed by atoms with Crippen molar-refractivity contribution in [2.75, 3.05) is 0 Å². The highest BCUT2D eigenvalue weighted by Gasteiger charge is 2.19. The van der Waals surface area contributed by atoms with E-state index in [1.165, 1.54) is 10.1 Å². The molecular formula is C24H26N4O2. The summed E-state index contributed by atoms with van der Waals surface area (Å²) in [6, 6.07) is 17.6. The average Bonchev–Trinajstić information content (AvgIpc) is 3.13. The lowest BCUT2D eigenvalue weighted by molar-refractivity contribution is 0.491. The molecule has 6 nitrogen and oxygen atoms in total. The highest BCUT2D eigenvalue weighted by Crippen LogP contribution is 2.15. The Morgan fingerprint density at radius 2 is 1.67 bits per heavy atom. The number of para-hydroxylation sites is 1. The summed E-state index contributed by atoms with van der Waals surface area (Å²) < 4.78 is 4.73. The number of imidazole rings is 1. The average molecular weight is 402 g/mol. The van der Waals surface area contributed by atoms with Crippen LogP contribution in [0.5, 0.6) is 0 Å². The van der Waals surface area contributed by atoms with Crippen LogP contribution in [0.2, 0.25) is 0 Å². The van der Waals surface area contributed by atoms with Crippen molar-refractivity contribution in [2.45, 2.75) is 40.3 Å². The van der Waals surface area contributed by atoms with Gasteiger partial charge >= 0.3 is 5.69 Å². The molecule has 0 spiro atoms. The van der Waals surface area contributed by atoms with Gasteiger partial charge in [-0.15, -0.1) is 0 Å². The standard InChI is InChI=1S/C24H26N4O2/c1-17(2)13-14-27-23(29)21-22(28(24(27)30)20-7-5-4-6-8-20)25-16-26(21)15-19-11-9-18(3)10-12-19/h4-12,16-17H,13-15H2,1-3H3. The Balaban J connectivity index is 1.94. The van der Waals surface area contributed by atoms with E-state index in [0.717, 1.165) is 12.0 Å². The fraction of sp³-hybridized carbons (Fsp3) is 0.292. The molecule has 0 N–H and O–H groups in total. The zero-order chi connectivity index (χ0) is 21.3. The minimum Gasteiger partial charge on any atom is -0.320 e. The van der Waals surface area contributed by atoms with Gasteiger partial charge in [0.25, 0.3) is 5.56 Å². The van der Waals surface area contributed by atoms with Crippen molar-refractivity contribution >= 4 is 11.2 Å². The quantitative estimate of drug-likeness (QED) is 0.493. The maximum atomic E-state index is 13.4. The van der Waals surface area contributed by atoms with Crippen molar-refractivity contribution in [1.29, 1.82) is 0 Å². The van der Waals surface area contributed by atoms with Crippen LogP contribution in [0.1, 0.15) is 31.4 Å². The summed E-state index contributed by atoms with van der Waals surface area (Å²) in [6.07, 6.45) is 2.40. The third-order valence-corrected chi connectivity index (χ3v) is 5.32. The van der Waals surface area contributed by atoms with Crippen LogP contribution in [0.4, 0.5) is 0 Å². The Hall–Kier alpha value is -3.41. The minimum absolute atomic E-state index is 0.285. The molecule has 0 unspecified atom stereocenters. The first kappa shape index (κ1) is 19.9. The van der Waals surface area contributed by atoms with Crippen molar-refractivity contribution in [1.82, 2.24) is 18.7 Å². The molecule has 0 bridgehead atoms. The zero-order valence-electron chi connectivity index (χ0n) is 17.6. The van der Waals surface area contributed by atoms with E-state index in [-0.39, 0.29) is 11.2 Å². The number of nitrogens with zero attached hydrogens (tertiary/aromatic N) is 4. The molecule has 30 heavy (non-hydrogen) atoms. The minimum atomic E-state index is -0.347. The Morgan fingerprint density at radius 3 is 2.33 bits per heavy atom. The molecule has 0 amide bonds. The third kappa shape index (κ3) is 3.73. The SMILES string of the molecule is Cc1ccc(Cn2cnc3c2c(=O)n(CCC(C)C)c(=O)n3-c2ccccc2)cc1. The van der Waals surface area contributed by atoms with Crippen molar-refractivity contribution < 1.29 is 0 Å². The topological polar surface area (TPSA) is 61.8 Å². The molecule has 0 saturated carbocycles. The monoisotopic (exact) mass is 402 g/mol. The Bertz CT molecular complexity index is 1280. The second-order valence-electron chi connectivity index (χ2n) is 8.12. The first-order valence-electron chi connectivity index (χ1n) is 10.3. The smallest absolute Gasteiger partial charge is 0.320 e. The molecule has 0 aliphatic heterocycles. The van der Waals surface area contributed by atoms with Crippen molar-refractivity contribution in [3.63, 3.8) is 0 Å². The fourth-order valence-electron chi connectivity index (χ4n) is 3.58. The summed E-state index contributed by atoms with van der Waals surface area (Å²) in [6.45, 7) is 7.11. The van der Waals surface area contributed by atoms with Crippen LogP contribution >= 0.6 is 0 Å². The summed E-state index contributed by atoms with van der Waals surface area (Å²) in [7, 11) is 0. The molecule has 4 rings (SSSR count). The number of benzene rings is 2. The predicted molar refractivity (Wildman–Crippen MR) is 119 cm³/mol. The van der Waals surface area contributed by atoms with Gasteiger partial charge < -0.3 is 4.57 Å². The normalized spacial score (nSPS) is 11.5. The predicted octanol–water partition coefficient (Wildman–Crippen LogP) is 3.75. The molecule has 0 radical (unpaired) electrons. The fourth-order valence-corrected chi connectivity index (χ4v) is 3.58. The number of aryl methyl sites for hydroxylation is 1. The van der Waals surface area contributed by atoms with Gasteiger partial charge in [0.2, 0.25) is 0 Å². The molecule has 6 heteroatoms. The Kier molecular flexibility index (Phi) is 5.40. The van der Waals surface area contributed by atoms with Gasteiger partial charge in [-0.1, -0.05) is 61.9 Å². The summed E-state index contributed by atoms with van der Waals surface area (Å²) in [5.41, 5.74) is 3.17. The van der Waals surface area contributed by atoms with E-state index in [1.54, 1.807) is 10.9 Å². The van der Waals surface area contributed by atoms with Crippen LogP contribution in [0.25, 0.3) is 16.9 Å². The van der Waals surface area contributed by atoms with E-state index < -0.39 is 0 Å². The molecular weight excluding hydrogens is 376 g/mol. The molecule has 154 valence electrons. The number of rotatable bonds is 6. The number of hydrogen-bond donors (Lipinski definition) is 0. The van der Waals surface area contributed by atoms with E-state index in [2.05, 4.69) is 31.0 Å². The lowest BCUT2D eigenvalue weighted by Gasteiger charge is -2.13. The van der Waals surface area contributed by atoms with Gasteiger partial charge in [0.1, 0.15) is 0 Å². The lowest BCUT2D eigenvalue weighted by atomic mass is 10.1. The molecule has 2 aromatic heterocycles. The van der Waals surface area contributed by atoms with Crippen LogP contribution in [-0.4, -0.2) is 18.7 Å². The first-order valence-corrected chi connectivity index (χ1v) is 10.3. The van der Waals surface area contributed by atoms with Crippen LogP contribution in [0.3, 0.4) is 0 Å². The van der Waals surface area contributed by atoms with Gasteiger partial charge in [0.05, 0.1) is 12.0 Å². The highest BCUT2D eigenvalue weighted by atomic mass is 16.2. The van der Waals surface area contributed by atoms with Crippen LogP contribution < -0.4 is 11.2 Å². The van der Waals surface area contributed by atoms with E-state index in [4.69, 9.17) is 0 Å². The molecule has 2 aromatic carbocycles. The molecule has 0 atom stereocenters.